The third-order valence-corrected chi connectivity index (χ3v) is 14.8. The number of aliphatic hydroxyl groups is 8. The van der Waals surface area contributed by atoms with Crippen molar-refractivity contribution >= 4 is 23.0 Å². The Bertz CT molecular complexity index is 2590. The highest BCUT2D eigenvalue weighted by Crippen LogP contribution is 2.47. The normalized spacial score (nSPS) is 16.7. The zero-order valence-corrected chi connectivity index (χ0v) is 62.5. The summed E-state index contributed by atoms with van der Waals surface area (Å²) in [5, 5.41) is 48.5. The monoisotopic (exact) mass is 1510 g/mol. The maximum Gasteiger partial charge on any atom is 0.302 e. The van der Waals surface area contributed by atoms with Crippen LogP contribution in [0.5, 0.6) is 0 Å². The number of aliphatic hydroxyl groups excluding tert-OH is 8. The maximum absolute atomic E-state index is 10.3. The van der Waals surface area contributed by atoms with Crippen molar-refractivity contribution in [2.75, 3.05) is 114 Å². The van der Waals surface area contributed by atoms with Crippen LogP contribution < -0.4 is 0 Å². The summed E-state index contributed by atoms with van der Waals surface area (Å²) in [6.45, 7) is 27.2. The van der Waals surface area contributed by atoms with E-state index in [1.807, 2.05) is 79.0 Å². The molecule has 0 saturated carbocycles. The third kappa shape index (κ3) is 65.7. The van der Waals surface area contributed by atoms with E-state index in [0.717, 1.165) is 11.1 Å². The Morgan fingerprint density at radius 2 is 0.951 bits per heavy atom. The molecule has 2 heterocycles. The molecule has 29 heteroatoms. The van der Waals surface area contributed by atoms with E-state index in [0.29, 0.717) is 52.6 Å². The van der Waals surface area contributed by atoms with Gasteiger partial charge in [-0.15, -0.1) is 12.3 Å². The topological polar surface area (TPSA) is 328 Å². The molecule has 0 aliphatic carbocycles. The van der Waals surface area contributed by atoms with Gasteiger partial charge in [-0.05, 0) is 76.1 Å². The number of hydrogen-bond donors (Lipinski definition) is 8. The molecule has 0 spiro atoms. The molecule has 4 rings (SSSR count). The van der Waals surface area contributed by atoms with E-state index < -0.39 is 59.6 Å². The Morgan fingerprint density at radius 1 is 0.602 bits per heavy atom. The Labute approximate surface area is 633 Å². The first-order valence-corrected chi connectivity index (χ1v) is 32.9. The summed E-state index contributed by atoms with van der Waals surface area (Å²) in [6, 6.07) is 20.5. The molecule has 103 heavy (non-hydrogen) atoms. The van der Waals surface area contributed by atoms with Crippen molar-refractivity contribution < 1.29 is 121 Å². The molecule has 2 aromatic rings. The molecule has 2 aliphatic heterocycles. The zero-order chi connectivity index (χ0) is 84.4. The highest BCUT2D eigenvalue weighted by atomic mass is 31.2. The Balaban J connectivity index is -0.000000155. The van der Waals surface area contributed by atoms with Crippen LogP contribution in [0.3, 0.4) is 0 Å². The number of carbonyl (C=O) groups excluding carboxylic acids is 1. The van der Waals surface area contributed by atoms with Gasteiger partial charge >= 0.3 is 5.97 Å². The molecule has 2 aliphatic rings. The van der Waals surface area contributed by atoms with Gasteiger partial charge in [-0.1, -0.05) is 121 Å². The molecular formula is C74H125N3O24P2. The number of carbonyl (C=O) groups is 1. The van der Waals surface area contributed by atoms with E-state index in [-0.39, 0.29) is 125 Å². The minimum Gasteiger partial charge on any atom is -0.462 e. The minimum atomic E-state index is -1.31. The molecule has 590 valence electrons. The van der Waals surface area contributed by atoms with Crippen LogP contribution >= 0.6 is 17.1 Å². The first-order chi connectivity index (χ1) is 52.3. The lowest BCUT2D eigenvalue weighted by Crippen LogP contribution is -2.34. The molecular weight excluding hydrogens is 1380 g/mol. The molecule has 2 fully saturated rings. The quantitative estimate of drug-likeness (QED) is 0.0109. The van der Waals surface area contributed by atoms with E-state index in [2.05, 4.69) is 140 Å². The van der Waals surface area contributed by atoms with E-state index in [1.54, 1.807) is 0 Å². The number of rotatable bonds is 33. The van der Waals surface area contributed by atoms with Gasteiger partial charge in [0.15, 0.2) is 30.9 Å². The molecule has 6 unspecified atom stereocenters. The van der Waals surface area contributed by atoms with Gasteiger partial charge < -0.3 is 116 Å². The van der Waals surface area contributed by atoms with Crippen LogP contribution in [0.25, 0.3) is 4.85 Å². The number of ether oxygens (including phenoxy) is 11. The van der Waals surface area contributed by atoms with Crippen molar-refractivity contribution in [3.05, 3.63) is 83.2 Å². The van der Waals surface area contributed by atoms with Crippen molar-refractivity contribution in [3.8, 4) is 87.5 Å². The fraction of sp³-hybridized carbons (Fsp3) is 0.622. The van der Waals surface area contributed by atoms with Crippen molar-refractivity contribution in [3.63, 3.8) is 0 Å². The van der Waals surface area contributed by atoms with Crippen LogP contribution in [0.4, 0.5) is 0 Å². The predicted octanol–water partition coefficient (Wildman–Crippen LogP) is 8.64. The highest BCUT2D eigenvalue weighted by molar-refractivity contribution is 7.44. The largest absolute Gasteiger partial charge is 0.462 e. The summed E-state index contributed by atoms with van der Waals surface area (Å²) >= 11 is 0. The maximum atomic E-state index is 10.3. The number of nitrogens with zero attached hydrogens (tertiary/aromatic N) is 3. The summed E-state index contributed by atoms with van der Waals surface area (Å²) in [7, 11) is 2.56. The van der Waals surface area contributed by atoms with Crippen molar-refractivity contribution in [1.29, 1.82) is 5.72 Å². The summed E-state index contributed by atoms with van der Waals surface area (Å²) in [6.07, 6.45) is 43.3. The lowest BCUT2D eigenvalue weighted by molar-refractivity contribution is -0.220. The summed E-state index contributed by atoms with van der Waals surface area (Å²) < 4.78 is 133. The van der Waals surface area contributed by atoms with Crippen molar-refractivity contribution in [1.82, 2.24) is 9.34 Å². The number of hydrogen-bond acceptors (Lipinski definition) is 26. The van der Waals surface area contributed by atoms with Gasteiger partial charge in [0, 0.05) is 75.5 Å². The number of esters is 1. The molecule has 8 N–H and O–H groups in total. The molecule has 27 nitrogen and oxygen atoms in total. The standard InChI is InChI=1S/C15H26NO3P.C14H25N2O3P.C12H12O3.C10H12O3.C7H10O3.2C5H8O3.3CH4O.3CH4/c1-8-10-11-18-20(16(13(3)4)14(5)6)19-12-15(7)17-9-2;1-8-17-14(6)11-19-20(18-10-9-15-7)16(12(2)3)13(4)5;1-2-13-11-8-14-12(15-9-11)10-6-4-3-5-7-10;11-9-6-12-10(13-7-9)8-4-2-1-3-5-8;1-4-9-6(2)5-10-7(3)8;2*1-2-8-5(3-6)4-7;3*1-2;;;/h1-2,13-15H,10-12H2,3-7H3;1,12-14H,9-11H2,2-6H3;1,3-7,11-12H,8-9H2;1-5,9-11H,6-7H2;1,6H,5H2,2-3H3;2*1,5-7H,3-4H2;3*2H,1H3;3*1H4/i7D;6D;;;2D;6D;;3*2T;1T;;. The minimum absolute atomic E-state index is 0. The van der Waals surface area contributed by atoms with Gasteiger partial charge in [0.25, 0.3) is 17.1 Å². The molecule has 0 radical (unpaired) electrons. The molecule has 0 amide bonds. The molecule has 0 aromatic heterocycles. The summed E-state index contributed by atoms with van der Waals surface area (Å²) in [5.41, 5.74) is 2.01. The van der Waals surface area contributed by atoms with E-state index in [9.17, 15) is 4.79 Å². The molecule has 0 bridgehead atoms. The van der Waals surface area contributed by atoms with E-state index in [4.69, 9.17) is 128 Å². The second-order valence-corrected chi connectivity index (χ2v) is 22.7. The SMILES string of the molecule is C.C.C#COC(CO)CO.C#COC1COC(c2ccccc2)OC1.OC1COC(c2ccccc2)OC1.[2H]CC(COC(C)=O)OC#C.[2H]CC(COP(OCCC#C)N(C(C)C)C(C)C)OC#C.[2H]CC(COP(OCC[N+]#[C-])N(C(C)C)C(C)C)OC#C.[2H]OCC(CO)OC#C.[3H]C.[3H]OC.[3H]OC.[3H]OC. The Morgan fingerprint density at radius 3 is 1.24 bits per heavy atom. The van der Waals surface area contributed by atoms with Crippen LogP contribution in [0.1, 0.15) is 141 Å². The third-order valence-electron chi connectivity index (χ3n) is 10.7. The van der Waals surface area contributed by atoms with Crippen LogP contribution in [0, 0.1) is 94.1 Å². The Kier molecular flexibility index (Phi) is 77.1. The first-order valence-electron chi connectivity index (χ1n) is 35.4. The zero-order valence-electron chi connectivity index (χ0n) is 68.7. The van der Waals surface area contributed by atoms with Gasteiger partial charge in [-0.2, -0.15) is 0 Å². The lowest BCUT2D eigenvalue weighted by atomic mass is 10.2. The van der Waals surface area contributed by atoms with Crippen LogP contribution in [-0.2, 0) is 75.0 Å². The van der Waals surface area contributed by atoms with Gasteiger partial charge in [0.05, 0.1) is 72.7 Å². The molecule has 2 saturated heterocycles. The Hall–Kier alpha value is -6.74. The lowest BCUT2D eigenvalue weighted by Gasteiger charge is -2.35. The van der Waals surface area contributed by atoms with E-state index in [1.165, 1.54) is 35.7 Å². The van der Waals surface area contributed by atoms with Crippen molar-refractivity contribution in [2.45, 2.75) is 191 Å². The molecule has 6 atom stereocenters. The second kappa shape index (κ2) is 82.5. The first kappa shape index (κ1) is 96.3. The fourth-order valence-corrected chi connectivity index (χ4v) is 9.99. The van der Waals surface area contributed by atoms with Crippen LogP contribution in [0.2, 0.25) is 0 Å². The average molecular weight is 1510 g/mol. The van der Waals surface area contributed by atoms with Gasteiger partial charge in [-0.25, -0.2) is 15.9 Å². The smallest absolute Gasteiger partial charge is 0.302 e. The summed E-state index contributed by atoms with van der Waals surface area (Å²) in [5.74, 6) is 2.15. The number of benzene rings is 2. The number of terminal acetylenes is 7. The second-order valence-electron chi connectivity index (χ2n) is 19.8. The highest BCUT2D eigenvalue weighted by Gasteiger charge is 2.30. The van der Waals surface area contributed by atoms with E-state index >= 15 is 0 Å². The van der Waals surface area contributed by atoms with Gasteiger partial charge in [0.1, 0.15) is 74.3 Å². The molecule has 2 aromatic carbocycles. The fourth-order valence-electron chi connectivity index (χ4n) is 6.73. The van der Waals surface area contributed by atoms with Crippen LogP contribution in [0.15, 0.2) is 60.7 Å². The average Bonchev–Trinajstić information content (AvgIpc) is 0.892. The van der Waals surface area contributed by atoms with Gasteiger partial charge in [-0.3, -0.25) is 4.79 Å². The summed E-state index contributed by atoms with van der Waals surface area (Å²) in [4.78, 5) is 13.6. The van der Waals surface area contributed by atoms with Crippen molar-refractivity contribution in [2.24, 2.45) is 0 Å². The van der Waals surface area contributed by atoms with Gasteiger partial charge in [0.2, 0.25) is 12.3 Å². The predicted molar refractivity (Wildman–Crippen MR) is 404 cm³/mol. The van der Waals surface area contributed by atoms with Crippen LogP contribution in [-0.4, -0.2) is 243 Å².